The fourth-order valence-electron chi connectivity index (χ4n) is 0.644. The number of pyridine rings is 1. The van der Waals surface area contributed by atoms with Crippen LogP contribution in [-0.2, 0) is 0 Å². The Balaban J connectivity index is 2.33. The predicted molar refractivity (Wildman–Crippen MR) is 53.2 cm³/mol. The van der Waals surface area contributed by atoms with E-state index < -0.39 is 0 Å². The second-order valence-corrected chi connectivity index (χ2v) is 3.42. The largest absolute Gasteiger partial charge is 0.250 e. The molecule has 0 N–H and O–H groups in total. The molecule has 0 radical (unpaired) electrons. The van der Waals surface area contributed by atoms with Gasteiger partial charge < -0.3 is 0 Å². The molecule has 1 rings (SSSR count). The van der Waals surface area contributed by atoms with Crippen LogP contribution in [0.15, 0.2) is 29.4 Å². The van der Waals surface area contributed by atoms with Crippen molar-refractivity contribution >= 4 is 29.3 Å². The van der Waals surface area contributed by atoms with Crippen LogP contribution < -0.4 is 0 Å². The summed E-state index contributed by atoms with van der Waals surface area (Å²) < 4.78 is 0. The third-order valence-electron chi connectivity index (χ3n) is 1.12. The standard InChI is InChI=1S/C8H9NS2/c10-6-3-7-11-8-4-1-2-5-9-8/h1-2,4-6H,3,7H2. The van der Waals surface area contributed by atoms with Gasteiger partial charge in [-0.2, -0.15) is 0 Å². The van der Waals surface area contributed by atoms with Gasteiger partial charge in [-0.15, -0.1) is 11.8 Å². The van der Waals surface area contributed by atoms with Gasteiger partial charge in [-0.05, 0) is 23.9 Å². The van der Waals surface area contributed by atoms with Crippen molar-refractivity contribution in [2.75, 3.05) is 5.75 Å². The first-order valence-corrected chi connectivity index (χ1v) is 4.86. The number of rotatable bonds is 4. The van der Waals surface area contributed by atoms with Crippen LogP contribution in [0.5, 0.6) is 0 Å². The quantitative estimate of drug-likeness (QED) is 0.404. The monoisotopic (exact) mass is 183 g/mol. The van der Waals surface area contributed by atoms with Crippen molar-refractivity contribution in [3.63, 3.8) is 0 Å². The van der Waals surface area contributed by atoms with E-state index >= 15 is 0 Å². The zero-order valence-corrected chi connectivity index (χ0v) is 7.70. The Labute approximate surface area is 76.2 Å². The van der Waals surface area contributed by atoms with Crippen molar-refractivity contribution in [3.05, 3.63) is 24.4 Å². The summed E-state index contributed by atoms with van der Waals surface area (Å²) in [6.07, 6.45) is 2.77. The minimum Gasteiger partial charge on any atom is -0.250 e. The lowest BCUT2D eigenvalue weighted by molar-refractivity contribution is 1.13. The maximum atomic E-state index is 4.71. The Morgan fingerprint density at radius 2 is 2.45 bits per heavy atom. The van der Waals surface area contributed by atoms with Gasteiger partial charge in [-0.3, -0.25) is 0 Å². The molecule has 58 valence electrons. The van der Waals surface area contributed by atoms with E-state index in [1.54, 1.807) is 23.3 Å². The van der Waals surface area contributed by atoms with Crippen molar-refractivity contribution < 1.29 is 0 Å². The zero-order valence-electron chi connectivity index (χ0n) is 6.06. The van der Waals surface area contributed by atoms with E-state index in [9.17, 15) is 0 Å². The van der Waals surface area contributed by atoms with Gasteiger partial charge in [0.25, 0.3) is 0 Å². The van der Waals surface area contributed by atoms with E-state index in [-0.39, 0.29) is 0 Å². The van der Waals surface area contributed by atoms with E-state index in [1.807, 2.05) is 18.2 Å². The molecular weight excluding hydrogens is 174 g/mol. The fourth-order valence-corrected chi connectivity index (χ4v) is 1.67. The molecule has 0 atom stereocenters. The van der Waals surface area contributed by atoms with Crippen LogP contribution in [0.2, 0.25) is 0 Å². The third kappa shape index (κ3) is 3.49. The molecule has 0 aliphatic rings. The van der Waals surface area contributed by atoms with Gasteiger partial charge in [0.05, 0.1) is 5.03 Å². The van der Waals surface area contributed by atoms with Crippen molar-refractivity contribution in [1.29, 1.82) is 0 Å². The molecule has 3 heteroatoms. The molecule has 0 aromatic carbocycles. The van der Waals surface area contributed by atoms with Crippen molar-refractivity contribution in [2.45, 2.75) is 11.4 Å². The van der Waals surface area contributed by atoms with Gasteiger partial charge in [0.1, 0.15) is 0 Å². The summed E-state index contributed by atoms with van der Waals surface area (Å²) in [6, 6.07) is 5.92. The molecule has 0 saturated heterocycles. The Morgan fingerprint density at radius 1 is 1.55 bits per heavy atom. The number of nitrogens with zero attached hydrogens (tertiary/aromatic N) is 1. The number of thiocarbonyl (C=S) groups is 1. The highest BCUT2D eigenvalue weighted by Crippen LogP contribution is 2.13. The summed E-state index contributed by atoms with van der Waals surface area (Å²) in [5.41, 5.74) is 0. The predicted octanol–water partition coefficient (Wildman–Crippen LogP) is 2.56. The summed E-state index contributed by atoms with van der Waals surface area (Å²) in [6.45, 7) is 0. The lowest BCUT2D eigenvalue weighted by atomic mass is 10.5. The van der Waals surface area contributed by atoms with E-state index in [1.165, 1.54) is 0 Å². The van der Waals surface area contributed by atoms with Gasteiger partial charge in [0.2, 0.25) is 0 Å². The summed E-state index contributed by atoms with van der Waals surface area (Å²) in [5.74, 6) is 1.03. The maximum Gasteiger partial charge on any atom is 0.0959 e. The minimum atomic E-state index is 0.969. The van der Waals surface area contributed by atoms with Crippen LogP contribution in [0.4, 0.5) is 0 Å². The Bertz CT molecular complexity index is 211. The molecule has 1 nitrogen and oxygen atoms in total. The molecule has 1 aromatic heterocycles. The van der Waals surface area contributed by atoms with Crippen LogP contribution in [-0.4, -0.2) is 16.1 Å². The number of hydrogen-bond donors (Lipinski definition) is 0. The summed E-state index contributed by atoms with van der Waals surface area (Å²) in [7, 11) is 0. The number of hydrogen-bond acceptors (Lipinski definition) is 3. The van der Waals surface area contributed by atoms with Crippen molar-refractivity contribution in [3.8, 4) is 0 Å². The molecule has 0 aliphatic carbocycles. The number of thioether (sulfide) groups is 1. The maximum absolute atomic E-state index is 4.71. The Morgan fingerprint density at radius 3 is 3.09 bits per heavy atom. The lowest BCUT2D eigenvalue weighted by Gasteiger charge is -1.95. The lowest BCUT2D eigenvalue weighted by Crippen LogP contribution is -1.81. The van der Waals surface area contributed by atoms with Gasteiger partial charge in [-0.1, -0.05) is 18.3 Å². The van der Waals surface area contributed by atoms with Gasteiger partial charge >= 0.3 is 0 Å². The second-order valence-electron chi connectivity index (χ2n) is 1.97. The minimum absolute atomic E-state index is 0.969. The van der Waals surface area contributed by atoms with E-state index in [0.717, 1.165) is 17.2 Å². The topological polar surface area (TPSA) is 12.9 Å². The fraction of sp³-hybridized carbons (Fsp3) is 0.250. The molecule has 0 amide bonds. The summed E-state index contributed by atoms with van der Waals surface area (Å²) in [5, 5.41) is 2.83. The smallest absolute Gasteiger partial charge is 0.0959 e. The molecule has 0 saturated carbocycles. The van der Waals surface area contributed by atoms with Gasteiger partial charge in [0.15, 0.2) is 0 Å². The van der Waals surface area contributed by atoms with Gasteiger partial charge in [0, 0.05) is 11.9 Å². The SMILES string of the molecule is S=CCCSc1ccccn1. The number of aromatic nitrogens is 1. The van der Waals surface area contributed by atoms with Crippen LogP contribution in [0, 0.1) is 0 Å². The zero-order chi connectivity index (χ0) is 7.94. The van der Waals surface area contributed by atoms with Crippen LogP contribution in [0.1, 0.15) is 6.42 Å². The highest BCUT2D eigenvalue weighted by Gasteiger charge is 1.90. The average molecular weight is 183 g/mol. The summed E-state index contributed by atoms with van der Waals surface area (Å²) >= 11 is 6.44. The molecule has 0 aliphatic heterocycles. The van der Waals surface area contributed by atoms with E-state index in [2.05, 4.69) is 4.98 Å². The van der Waals surface area contributed by atoms with Crippen LogP contribution in [0.3, 0.4) is 0 Å². The molecule has 0 unspecified atom stereocenters. The Hall–Kier alpha value is -0.410. The first kappa shape index (κ1) is 8.68. The van der Waals surface area contributed by atoms with E-state index in [4.69, 9.17) is 12.2 Å². The van der Waals surface area contributed by atoms with Gasteiger partial charge in [-0.25, -0.2) is 4.98 Å². The Kier molecular flexibility index (Phi) is 4.16. The normalized spacial score (nSPS) is 9.45. The molecule has 1 heterocycles. The highest BCUT2D eigenvalue weighted by atomic mass is 32.2. The van der Waals surface area contributed by atoms with Crippen molar-refractivity contribution in [2.24, 2.45) is 0 Å². The molecule has 0 fully saturated rings. The highest BCUT2D eigenvalue weighted by molar-refractivity contribution is 7.99. The molecule has 11 heavy (non-hydrogen) atoms. The average Bonchev–Trinajstić information content (AvgIpc) is 2.07. The third-order valence-corrected chi connectivity index (χ3v) is 2.34. The van der Waals surface area contributed by atoms with Crippen molar-refractivity contribution in [1.82, 2.24) is 4.98 Å². The second kappa shape index (κ2) is 5.27. The van der Waals surface area contributed by atoms with Crippen LogP contribution >= 0.6 is 24.0 Å². The first-order valence-electron chi connectivity index (χ1n) is 3.41. The first-order chi connectivity index (χ1) is 5.43. The molecule has 0 spiro atoms. The van der Waals surface area contributed by atoms with Crippen LogP contribution in [0.25, 0.3) is 0 Å². The molecule has 1 aromatic rings. The summed E-state index contributed by atoms with van der Waals surface area (Å²) in [4.78, 5) is 4.17. The molecule has 0 bridgehead atoms. The molecular formula is C8H9NS2. The van der Waals surface area contributed by atoms with E-state index in [0.29, 0.717) is 0 Å².